The van der Waals surface area contributed by atoms with Crippen LogP contribution in [0.25, 0.3) is 10.1 Å². The highest BCUT2D eigenvalue weighted by molar-refractivity contribution is 7.17. The summed E-state index contributed by atoms with van der Waals surface area (Å²) >= 11 is 1.51. The average molecular weight is 285 g/mol. The monoisotopic (exact) mass is 285 g/mol. The molecule has 1 aromatic carbocycles. The number of carbonyl (C=O) groups excluding carboxylic acids is 2. The van der Waals surface area contributed by atoms with Gasteiger partial charge in [0, 0.05) is 15.5 Å². The number of carbonyl (C=O) groups is 2. The lowest BCUT2D eigenvalue weighted by molar-refractivity contribution is 0.0893. The van der Waals surface area contributed by atoms with Gasteiger partial charge in [0.05, 0.1) is 18.4 Å². The molecule has 2 heterocycles. The minimum absolute atomic E-state index is 0.0729. The molecule has 1 N–H and O–H groups in total. The Kier molecular flexibility index (Phi) is 3.35. The highest BCUT2D eigenvalue weighted by Gasteiger charge is 2.14. The molecule has 0 unspecified atom stereocenters. The minimum atomic E-state index is -0.248. The second-order valence-corrected chi connectivity index (χ2v) is 5.14. The van der Waals surface area contributed by atoms with Gasteiger partial charge in [-0.25, -0.2) is 0 Å². The lowest BCUT2D eigenvalue weighted by Gasteiger charge is -2.02. The van der Waals surface area contributed by atoms with Crippen molar-refractivity contribution >= 4 is 33.1 Å². The predicted molar refractivity (Wildman–Crippen MR) is 77.2 cm³/mol. The van der Waals surface area contributed by atoms with Crippen molar-refractivity contribution in [1.82, 2.24) is 5.32 Å². The Balaban J connectivity index is 1.72. The van der Waals surface area contributed by atoms with Gasteiger partial charge >= 0.3 is 0 Å². The van der Waals surface area contributed by atoms with Gasteiger partial charge < -0.3 is 9.73 Å². The molecule has 3 aromatic rings. The SMILES string of the molecule is O=C(CNC(=O)c1csc2ccccc12)c1ccco1. The van der Waals surface area contributed by atoms with Gasteiger partial charge in [-0.2, -0.15) is 0 Å². The maximum Gasteiger partial charge on any atom is 0.253 e. The summed E-state index contributed by atoms with van der Waals surface area (Å²) in [5, 5.41) is 5.33. The summed E-state index contributed by atoms with van der Waals surface area (Å²) in [5.41, 5.74) is 0.595. The van der Waals surface area contributed by atoms with Crippen LogP contribution in [0.5, 0.6) is 0 Å². The lowest BCUT2D eigenvalue weighted by atomic mass is 10.1. The number of nitrogens with one attached hydrogen (secondary N) is 1. The lowest BCUT2D eigenvalue weighted by Crippen LogP contribution is -2.29. The van der Waals surface area contributed by atoms with E-state index in [1.807, 2.05) is 24.3 Å². The van der Waals surface area contributed by atoms with E-state index >= 15 is 0 Å². The predicted octanol–water partition coefficient (Wildman–Crippen LogP) is 3.11. The van der Waals surface area contributed by atoms with Crippen molar-refractivity contribution in [1.29, 1.82) is 0 Å². The molecule has 100 valence electrons. The van der Waals surface area contributed by atoms with Crippen LogP contribution in [0.3, 0.4) is 0 Å². The summed E-state index contributed by atoms with van der Waals surface area (Å²) < 4.78 is 6.04. The molecule has 2 aromatic heterocycles. The molecule has 4 nitrogen and oxygen atoms in total. The third-order valence-corrected chi connectivity index (χ3v) is 3.89. The van der Waals surface area contributed by atoms with Crippen LogP contribution < -0.4 is 5.32 Å². The molecule has 3 rings (SSSR count). The van der Waals surface area contributed by atoms with Crippen LogP contribution in [-0.4, -0.2) is 18.2 Å². The van der Waals surface area contributed by atoms with Gasteiger partial charge in [0.1, 0.15) is 0 Å². The van der Waals surface area contributed by atoms with Gasteiger partial charge in [-0.1, -0.05) is 18.2 Å². The largest absolute Gasteiger partial charge is 0.461 e. The normalized spacial score (nSPS) is 10.6. The number of benzene rings is 1. The molecule has 1 amide bonds. The molecule has 0 aliphatic carbocycles. The van der Waals surface area contributed by atoms with Crippen LogP contribution in [0, 0.1) is 0 Å². The average Bonchev–Trinajstić information content (AvgIpc) is 3.13. The topological polar surface area (TPSA) is 59.3 Å². The zero-order valence-corrected chi connectivity index (χ0v) is 11.3. The number of Topliss-reactive ketones (excluding diaryl/α,β-unsaturated/α-hetero) is 1. The highest BCUT2D eigenvalue weighted by Crippen LogP contribution is 2.25. The van der Waals surface area contributed by atoms with Gasteiger partial charge in [-0.3, -0.25) is 9.59 Å². The summed E-state index contributed by atoms with van der Waals surface area (Å²) in [4.78, 5) is 23.8. The standard InChI is InChI=1S/C15H11NO3S/c17-12(13-5-3-7-19-13)8-16-15(18)11-9-20-14-6-2-1-4-10(11)14/h1-7,9H,8H2,(H,16,18). The maximum absolute atomic E-state index is 12.1. The molecule has 5 heteroatoms. The number of ketones is 1. The van der Waals surface area contributed by atoms with Crippen molar-refractivity contribution < 1.29 is 14.0 Å². The Morgan fingerprint density at radius 2 is 2.00 bits per heavy atom. The van der Waals surface area contributed by atoms with E-state index in [9.17, 15) is 9.59 Å². The Morgan fingerprint density at radius 1 is 1.15 bits per heavy atom. The molecule has 0 saturated heterocycles. The fraction of sp³-hybridized carbons (Fsp3) is 0.0667. The smallest absolute Gasteiger partial charge is 0.253 e. The molecule has 0 spiro atoms. The van der Waals surface area contributed by atoms with Crippen molar-refractivity contribution in [2.45, 2.75) is 0 Å². The van der Waals surface area contributed by atoms with Crippen molar-refractivity contribution in [2.75, 3.05) is 6.54 Å². The van der Waals surface area contributed by atoms with Crippen molar-refractivity contribution in [3.63, 3.8) is 0 Å². The van der Waals surface area contributed by atoms with E-state index in [-0.39, 0.29) is 24.0 Å². The Hall–Kier alpha value is -2.40. The third kappa shape index (κ3) is 2.35. The number of rotatable bonds is 4. The van der Waals surface area contributed by atoms with Crippen LogP contribution in [0.1, 0.15) is 20.9 Å². The van der Waals surface area contributed by atoms with Crippen molar-refractivity contribution in [3.05, 3.63) is 59.4 Å². The molecule has 0 aliphatic rings. The molecule has 0 radical (unpaired) electrons. The summed E-state index contributed by atoms with van der Waals surface area (Å²) in [7, 11) is 0. The third-order valence-electron chi connectivity index (χ3n) is 2.93. The maximum atomic E-state index is 12.1. The van der Waals surface area contributed by atoms with Crippen molar-refractivity contribution in [2.24, 2.45) is 0 Å². The quantitative estimate of drug-likeness (QED) is 0.749. The minimum Gasteiger partial charge on any atom is -0.461 e. The number of hydrogen-bond acceptors (Lipinski definition) is 4. The van der Waals surface area contributed by atoms with Gasteiger partial charge in [-0.15, -0.1) is 11.3 Å². The number of hydrogen-bond donors (Lipinski definition) is 1. The van der Waals surface area contributed by atoms with Crippen LogP contribution in [-0.2, 0) is 0 Å². The van der Waals surface area contributed by atoms with E-state index < -0.39 is 0 Å². The summed E-state index contributed by atoms with van der Waals surface area (Å²) in [6, 6.07) is 10.9. The fourth-order valence-corrected chi connectivity index (χ4v) is 2.87. The van der Waals surface area contributed by atoms with Gasteiger partial charge in [0.2, 0.25) is 5.78 Å². The zero-order chi connectivity index (χ0) is 13.9. The van der Waals surface area contributed by atoms with E-state index in [4.69, 9.17) is 4.42 Å². The number of furan rings is 1. The molecular formula is C15H11NO3S. The Bertz CT molecular complexity index is 758. The van der Waals surface area contributed by atoms with E-state index in [1.165, 1.54) is 17.6 Å². The second-order valence-electron chi connectivity index (χ2n) is 4.23. The number of amides is 1. The first kappa shape index (κ1) is 12.6. The zero-order valence-electron chi connectivity index (χ0n) is 10.5. The number of fused-ring (bicyclic) bond motifs is 1. The first-order valence-electron chi connectivity index (χ1n) is 6.07. The van der Waals surface area contributed by atoms with Crippen LogP contribution in [0.15, 0.2) is 52.5 Å². The Morgan fingerprint density at radius 3 is 2.80 bits per heavy atom. The summed E-state index contributed by atoms with van der Waals surface area (Å²) in [6.07, 6.45) is 1.43. The summed E-state index contributed by atoms with van der Waals surface area (Å²) in [6.45, 7) is -0.0729. The van der Waals surface area contributed by atoms with E-state index in [0.717, 1.165) is 10.1 Å². The van der Waals surface area contributed by atoms with E-state index in [2.05, 4.69) is 5.32 Å². The Labute approximate surface area is 119 Å². The molecular weight excluding hydrogens is 274 g/mol. The first-order valence-corrected chi connectivity index (χ1v) is 6.95. The fourth-order valence-electron chi connectivity index (χ4n) is 1.93. The van der Waals surface area contributed by atoms with Crippen LogP contribution in [0.4, 0.5) is 0 Å². The van der Waals surface area contributed by atoms with Crippen molar-refractivity contribution in [3.8, 4) is 0 Å². The molecule has 0 saturated carbocycles. The van der Waals surface area contributed by atoms with E-state index in [1.54, 1.807) is 17.5 Å². The van der Waals surface area contributed by atoms with Gasteiger partial charge in [0.25, 0.3) is 5.91 Å². The summed E-state index contributed by atoms with van der Waals surface area (Å²) in [5.74, 6) is -0.245. The van der Waals surface area contributed by atoms with Gasteiger partial charge in [-0.05, 0) is 18.2 Å². The van der Waals surface area contributed by atoms with Gasteiger partial charge in [0.15, 0.2) is 5.76 Å². The number of thiophene rings is 1. The molecule has 0 fully saturated rings. The van der Waals surface area contributed by atoms with Crippen LogP contribution in [0.2, 0.25) is 0 Å². The molecule has 0 aliphatic heterocycles. The first-order chi connectivity index (χ1) is 9.75. The molecule has 20 heavy (non-hydrogen) atoms. The van der Waals surface area contributed by atoms with E-state index in [0.29, 0.717) is 5.56 Å². The second kappa shape index (κ2) is 5.30. The van der Waals surface area contributed by atoms with Crippen LogP contribution >= 0.6 is 11.3 Å². The highest BCUT2D eigenvalue weighted by atomic mass is 32.1. The molecule has 0 bridgehead atoms. The molecule has 0 atom stereocenters.